The van der Waals surface area contributed by atoms with Crippen molar-refractivity contribution in [2.75, 3.05) is 17.7 Å². The molecule has 2 aromatic heterocycles. The molecule has 1 saturated heterocycles. The number of amides is 2. The van der Waals surface area contributed by atoms with Crippen molar-refractivity contribution in [2.45, 2.75) is 19.4 Å². The number of aryl methyl sites for hydroxylation is 1. The zero-order valence-corrected chi connectivity index (χ0v) is 17.0. The van der Waals surface area contributed by atoms with Gasteiger partial charge in [-0.25, -0.2) is 9.31 Å². The number of rotatable bonds is 3. The van der Waals surface area contributed by atoms with Gasteiger partial charge in [0.2, 0.25) is 5.95 Å². The quantitative estimate of drug-likeness (QED) is 0.524. The van der Waals surface area contributed by atoms with Crippen LogP contribution in [0.1, 0.15) is 23.6 Å². The van der Waals surface area contributed by atoms with E-state index in [1.54, 1.807) is 4.52 Å². The minimum absolute atomic E-state index is 0.106. The summed E-state index contributed by atoms with van der Waals surface area (Å²) in [6, 6.07) is 19.3. The molecule has 1 unspecified atom stereocenters. The van der Waals surface area contributed by atoms with E-state index >= 15 is 0 Å². The Kier molecular flexibility index (Phi) is 4.76. The third kappa shape index (κ3) is 3.69. The number of aromatic nitrogens is 3. The maximum atomic E-state index is 13.0. The van der Waals surface area contributed by atoms with Gasteiger partial charge in [-0.05, 0) is 47.4 Å². The summed E-state index contributed by atoms with van der Waals surface area (Å²) in [5, 5.41) is 8.55. The third-order valence-corrected chi connectivity index (χ3v) is 5.46. The summed E-state index contributed by atoms with van der Waals surface area (Å²) in [6.07, 6.45) is 2.58. The van der Waals surface area contributed by atoms with Gasteiger partial charge in [0.25, 0.3) is 0 Å². The Morgan fingerprint density at radius 3 is 2.77 bits per heavy atom. The number of hydrogen-bond donors (Lipinski definition) is 2. The highest BCUT2D eigenvalue weighted by Gasteiger charge is 2.32. The number of hydroxylamine groups is 2. The first-order valence-electron chi connectivity index (χ1n) is 10.1. The Hall–Kier alpha value is -3.91. The number of benzene rings is 2. The van der Waals surface area contributed by atoms with E-state index < -0.39 is 0 Å². The summed E-state index contributed by atoms with van der Waals surface area (Å²) in [5.74, 6) is 0.229. The number of nitrogen functional groups attached to an aromatic ring is 1. The molecule has 4 aromatic rings. The summed E-state index contributed by atoms with van der Waals surface area (Å²) < 4.78 is 1.63. The van der Waals surface area contributed by atoms with Crippen LogP contribution in [-0.4, -0.2) is 32.3 Å². The normalized spacial score (nSPS) is 16.0. The highest BCUT2D eigenvalue weighted by Crippen LogP contribution is 2.32. The lowest BCUT2D eigenvalue weighted by atomic mass is 10.0. The second-order valence-electron chi connectivity index (χ2n) is 7.52. The summed E-state index contributed by atoms with van der Waals surface area (Å²) in [4.78, 5) is 22.9. The molecule has 5 rings (SSSR count). The van der Waals surface area contributed by atoms with E-state index in [1.807, 2.05) is 73.8 Å². The first-order valence-corrected chi connectivity index (χ1v) is 10.1. The smallest absolute Gasteiger partial charge is 0.346 e. The molecule has 2 amide bonds. The Morgan fingerprint density at radius 2 is 1.94 bits per heavy atom. The molecule has 31 heavy (non-hydrogen) atoms. The van der Waals surface area contributed by atoms with Crippen molar-refractivity contribution >= 4 is 23.3 Å². The van der Waals surface area contributed by atoms with E-state index in [0.717, 1.165) is 34.4 Å². The Balaban J connectivity index is 1.40. The lowest BCUT2D eigenvalue weighted by Gasteiger charge is -2.23. The van der Waals surface area contributed by atoms with Crippen molar-refractivity contribution in [3.63, 3.8) is 0 Å². The number of pyridine rings is 1. The van der Waals surface area contributed by atoms with Crippen molar-refractivity contribution < 1.29 is 9.63 Å². The molecule has 1 aliphatic rings. The second-order valence-corrected chi connectivity index (χ2v) is 7.52. The van der Waals surface area contributed by atoms with Crippen LogP contribution in [0.15, 0.2) is 66.9 Å². The van der Waals surface area contributed by atoms with E-state index in [1.165, 1.54) is 5.06 Å². The van der Waals surface area contributed by atoms with Crippen LogP contribution in [0.2, 0.25) is 0 Å². The van der Waals surface area contributed by atoms with Crippen LogP contribution >= 0.6 is 0 Å². The number of carbonyl (C=O) groups is 1. The molecule has 3 N–H and O–H groups in total. The molecule has 1 atom stereocenters. The highest BCUT2D eigenvalue weighted by molar-refractivity contribution is 5.91. The molecule has 0 aliphatic carbocycles. The largest absolute Gasteiger partial charge is 0.366 e. The van der Waals surface area contributed by atoms with Crippen molar-refractivity contribution in [1.82, 2.24) is 19.7 Å². The van der Waals surface area contributed by atoms with E-state index in [4.69, 9.17) is 10.6 Å². The number of anilines is 2. The fraction of sp³-hybridized carbons (Fsp3) is 0.174. The predicted molar refractivity (Wildman–Crippen MR) is 118 cm³/mol. The third-order valence-electron chi connectivity index (χ3n) is 5.46. The number of nitrogens with two attached hydrogens (primary N) is 1. The lowest BCUT2D eigenvalue weighted by molar-refractivity contribution is -0.0829. The van der Waals surface area contributed by atoms with Gasteiger partial charge in [-0.2, -0.15) is 10.0 Å². The molecular formula is C23H22N6O2. The van der Waals surface area contributed by atoms with E-state index in [-0.39, 0.29) is 18.0 Å². The van der Waals surface area contributed by atoms with Crippen LogP contribution in [0, 0.1) is 6.92 Å². The Morgan fingerprint density at radius 1 is 1.13 bits per heavy atom. The van der Waals surface area contributed by atoms with Crippen LogP contribution in [0.5, 0.6) is 0 Å². The fourth-order valence-corrected chi connectivity index (χ4v) is 3.83. The van der Waals surface area contributed by atoms with E-state index in [2.05, 4.69) is 15.4 Å². The Bertz CT molecular complexity index is 1250. The maximum absolute atomic E-state index is 13.0. The van der Waals surface area contributed by atoms with Gasteiger partial charge in [-0.15, -0.1) is 5.10 Å². The van der Waals surface area contributed by atoms with Crippen LogP contribution < -0.4 is 11.1 Å². The van der Waals surface area contributed by atoms with Gasteiger partial charge >= 0.3 is 6.03 Å². The standard InChI is InChI=1S/C23H22N6O2/c1-15-7-8-17(18-9-11-28-21(14-18)26-22(24)27-28)13-19(15)25-23(30)29-20(10-12-31-29)16-5-3-2-4-6-16/h2-9,11,13-14,20H,10,12H2,1H3,(H2,24,27)(H,25,30). The fourth-order valence-electron chi connectivity index (χ4n) is 3.83. The summed E-state index contributed by atoms with van der Waals surface area (Å²) in [5.41, 5.74) is 11.0. The van der Waals surface area contributed by atoms with Gasteiger partial charge in [-0.3, -0.25) is 4.84 Å². The second kappa shape index (κ2) is 7.73. The molecule has 156 valence electrons. The molecule has 8 heteroatoms. The number of urea groups is 1. The van der Waals surface area contributed by atoms with Crippen molar-refractivity contribution in [2.24, 2.45) is 0 Å². The monoisotopic (exact) mass is 414 g/mol. The summed E-state index contributed by atoms with van der Waals surface area (Å²) in [7, 11) is 0. The highest BCUT2D eigenvalue weighted by atomic mass is 16.7. The number of nitrogens with one attached hydrogen (secondary N) is 1. The van der Waals surface area contributed by atoms with Crippen LogP contribution in [-0.2, 0) is 4.84 Å². The minimum atomic E-state index is -0.285. The van der Waals surface area contributed by atoms with Gasteiger partial charge in [0.05, 0.1) is 12.6 Å². The SMILES string of the molecule is Cc1ccc(-c2ccn3nc(N)nc3c2)cc1NC(=O)N1OCCC1c1ccccc1. The van der Waals surface area contributed by atoms with Gasteiger partial charge in [-0.1, -0.05) is 42.5 Å². The predicted octanol–water partition coefficient (Wildman–Crippen LogP) is 4.20. The van der Waals surface area contributed by atoms with Crippen LogP contribution in [0.25, 0.3) is 16.8 Å². The number of hydrogen-bond acceptors (Lipinski definition) is 5. The average molecular weight is 414 g/mol. The molecule has 0 bridgehead atoms. The molecule has 8 nitrogen and oxygen atoms in total. The molecule has 1 fully saturated rings. The molecule has 0 spiro atoms. The summed E-state index contributed by atoms with van der Waals surface area (Å²) >= 11 is 0. The van der Waals surface area contributed by atoms with Crippen molar-refractivity contribution in [3.05, 3.63) is 78.0 Å². The number of fused-ring (bicyclic) bond motifs is 1. The first-order chi connectivity index (χ1) is 15.1. The van der Waals surface area contributed by atoms with Crippen LogP contribution in [0.4, 0.5) is 16.4 Å². The van der Waals surface area contributed by atoms with E-state index in [0.29, 0.717) is 12.3 Å². The van der Waals surface area contributed by atoms with Gasteiger partial charge < -0.3 is 11.1 Å². The van der Waals surface area contributed by atoms with E-state index in [9.17, 15) is 4.79 Å². The molecule has 3 heterocycles. The van der Waals surface area contributed by atoms with Crippen molar-refractivity contribution in [3.8, 4) is 11.1 Å². The number of carbonyl (C=O) groups excluding carboxylic acids is 1. The zero-order chi connectivity index (χ0) is 21.4. The van der Waals surface area contributed by atoms with Gasteiger partial charge in [0.1, 0.15) is 0 Å². The minimum Gasteiger partial charge on any atom is -0.366 e. The van der Waals surface area contributed by atoms with Gasteiger partial charge in [0.15, 0.2) is 5.65 Å². The van der Waals surface area contributed by atoms with Gasteiger partial charge in [0, 0.05) is 18.3 Å². The molecule has 1 aliphatic heterocycles. The lowest BCUT2D eigenvalue weighted by Crippen LogP contribution is -2.33. The average Bonchev–Trinajstić information content (AvgIpc) is 3.41. The molecule has 2 aromatic carbocycles. The first kappa shape index (κ1) is 19.1. The van der Waals surface area contributed by atoms with Crippen molar-refractivity contribution in [1.29, 1.82) is 0 Å². The molecule has 0 saturated carbocycles. The Labute approximate surface area is 179 Å². The molecule has 0 radical (unpaired) electrons. The summed E-state index contributed by atoms with van der Waals surface area (Å²) in [6.45, 7) is 2.47. The molecular weight excluding hydrogens is 392 g/mol. The van der Waals surface area contributed by atoms with Crippen LogP contribution in [0.3, 0.4) is 0 Å². The maximum Gasteiger partial charge on any atom is 0.346 e. The topological polar surface area (TPSA) is 97.8 Å². The zero-order valence-electron chi connectivity index (χ0n) is 17.0. The number of nitrogens with zero attached hydrogens (tertiary/aromatic N) is 4.